The maximum absolute atomic E-state index is 10.9. The lowest BCUT2D eigenvalue weighted by atomic mass is 10.2. The van der Waals surface area contributed by atoms with Crippen LogP contribution in [0.2, 0.25) is 0 Å². The summed E-state index contributed by atoms with van der Waals surface area (Å²) in [6.07, 6.45) is 0.496. The topological polar surface area (TPSA) is 59.6 Å². The molecule has 0 spiro atoms. The molecule has 110 valence electrons. The van der Waals surface area contributed by atoms with E-state index >= 15 is 0 Å². The molecule has 5 nitrogen and oxygen atoms in total. The average molecular weight is 343 g/mol. The Morgan fingerprint density at radius 3 is 3.10 bits per heavy atom. The standard InChI is InChI=1S/C14H19BrN2O3/c1-2-5-16-7-10-6-11(15)3-4-13(10)19-9-12-8-17-14(18)20-12/h3-4,6,12,16H,2,5,7-9H2,1H3,(H,17,18). The van der Waals surface area contributed by atoms with E-state index in [0.717, 1.165) is 35.3 Å². The van der Waals surface area contributed by atoms with E-state index in [0.29, 0.717) is 13.2 Å². The van der Waals surface area contributed by atoms with Crippen molar-refractivity contribution in [1.29, 1.82) is 0 Å². The molecule has 1 unspecified atom stereocenters. The third-order valence-electron chi connectivity index (χ3n) is 2.94. The molecule has 1 fully saturated rings. The van der Waals surface area contributed by atoms with Crippen LogP contribution < -0.4 is 15.4 Å². The van der Waals surface area contributed by atoms with Crippen molar-refractivity contribution in [2.45, 2.75) is 26.0 Å². The molecule has 1 aliphatic rings. The zero-order valence-corrected chi connectivity index (χ0v) is 13.0. The Morgan fingerprint density at radius 2 is 2.40 bits per heavy atom. The van der Waals surface area contributed by atoms with Crippen LogP contribution in [0.3, 0.4) is 0 Å². The minimum absolute atomic E-state index is 0.220. The first-order chi connectivity index (χ1) is 9.69. The van der Waals surface area contributed by atoms with Crippen LogP contribution in [0, 0.1) is 0 Å². The fourth-order valence-electron chi connectivity index (χ4n) is 1.93. The molecule has 0 bridgehead atoms. The summed E-state index contributed by atoms with van der Waals surface area (Å²) in [5.41, 5.74) is 1.09. The Labute approximate surface area is 127 Å². The smallest absolute Gasteiger partial charge is 0.407 e. The second-order valence-electron chi connectivity index (χ2n) is 4.65. The van der Waals surface area contributed by atoms with Crippen LogP contribution >= 0.6 is 15.9 Å². The number of cyclic esters (lactones) is 1. The van der Waals surface area contributed by atoms with Crippen LogP contribution in [0.25, 0.3) is 0 Å². The monoisotopic (exact) mass is 342 g/mol. The number of ether oxygens (including phenoxy) is 2. The SMILES string of the molecule is CCCNCc1cc(Br)ccc1OCC1CNC(=O)O1. The summed E-state index contributed by atoms with van der Waals surface area (Å²) in [7, 11) is 0. The van der Waals surface area contributed by atoms with Gasteiger partial charge in [-0.2, -0.15) is 0 Å². The molecule has 0 radical (unpaired) electrons. The van der Waals surface area contributed by atoms with Crippen LogP contribution in [0.15, 0.2) is 22.7 Å². The van der Waals surface area contributed by atoms with Gasteiger partial charge in [0, 0.05) is 16.6 Å². The van der Waals surface area contributed by atoms with Gasteiger partial charge in [-0.25, -0.2) is 4.79 Å². The highest BCUT2D eigenvalue weighted by molar-refractivity contribution is 9.10. The predicted molar refractivity (Wildman–Crippen MR) is 79.9 cm³/mol. The first kappa shape index (κ1) is 15.1. The maximum atomic E-state index is 10.9. The molecule has 2 rings (SSSR count). The van der Waals surface area contributed by atoms with E-state index in [-0.39, 0.29) is 12.2 Å². The molecule has 1 aromatic carbocycles. The summed E-state index contributed by atoms with van der Waals surface area (Å²) in [5, 5.41) is 5.97. The minimum atomic E-state index is -0.376. The van der Waals surface area contributed by atoms with Gasteiger partial charge in [-0.1, -0.05) is 22.9 Å². The van der Waals surface area contributed by atoms with Gasteiger partial charge in [-0.05, 0) is 31.2 Å². The van der Waals surface area contributed by atoms with Crippen molar-refractivity contribution in [3.8, 4) is 5.75 Å². The number of hydrogen-bond acceptors (Lipinski definition) is 4. The minimum Gasteiger partial charge on any atom is -0.489 e. The highest BCUT2D eigenvalue weighted by Crippen LogP contribution is 2.23. The van der Waals surface area contributed by atoms with Crippen LogP contribution in [-0.4, -0.2) is 31.9 Å². The normalized spacial score (nSPS) is 17.7. The van der Waals surface area contributed by atoms with Crippen molar-refractivity contribution in [1.82, 2.24) is 10.6 Å². The van der Waals surface area contributed by atoms with Gasteiger partial charge in [-0.3, -0.25) is 0 Å². The molecule has 1 heterocycles. The molecule has 0 aromatic heterocycles. The summed E-state index contributed by atoms with van der Waals surface area (Å²) < 4.78 is 11.8. The largest absolute Gasteiger partial charge is 0.489 e. The third-order valence-corrected chi connectivity index (χ3v) is 3.43. The van der Waals surface area contributed by atoms with E-state index in [1.54, 1.807) is 0 Å². The second kappa shape index (κ2) is 7.50. The lowest BCUT2D eigenvalue weighted by Crippen LogP contribution is -2.22. The van der Waals surface area contributed by atoms with E-state index in [9.17, 15) is 4.79 Å². The average Bonchev–Trinajstić information content (AvgIpc) is 2.84. The molecule has 2 N–H and O–H groups in total. The molecule has 0 saturated carbocycles. The van der Waals surface area contributed by atoms with Crippen molar-refractivity contribution >= 4 is 22.0 Å². The summed E-state index contributed by atoms with van der Waals surface area (Å²) in [6.45, 7) is 4.72. The summed E-state index contributed by atoms with van der Waals surface area (Å²) in [6, 6.07) is 5.91. The number of carbonyl (C=O) groups is 1. The van der Waals surface area contributed by atoms with E-state index in [2.05, 4.69) is 33.5 Å². The van der Waals surface area contributed by atoms with Crippen LogP contribution in [0.4, 0.5) is 4.79 Å². The van der Waals surface area contributed by atoms with E-state index in [1.807, 2.05) is 18.2 Å². The highest BCUT2D eigenvalue weighted by Gasteiger charge is 2.23. The fourth-order valence-corrected chi connectivity index (χ4v) is 2.34. The quantitative estimate of drug-likeness (QED) is 0.747. The number of alkyl carbamates (subject to hydrolysis) is 1. The summed E-state index contributed by atoms with van der Waals surface area (Å²) in [5.74, 6) is 0.819. The molecular weight excluding hydrogens is 324 g/mol. The van der Waals surface area contributed by atoms with Gasteiger partial charge in [0.15, 0.2) is 6.10 Å². The van der Waals surface area contributed by atoms with Crippen molar-refractivity contribution < 1.29 is 14.3 Å². The van der Waals surface area contributed by atoms with Crippen LogP contribution in [0.1, 0.15) is 18.9 Å². The van der Waals surface area contributed by atoms with Gasteiger partial charge >= 0.3 is 6.09 Å². The predicted octanol–water partition coefficient (Wildman–Crippen LogP) is 2.44. The Hall–Kier alpha value is -1.27. The molecule has 1 saturated heterocycles. The second-order valence-corrected chi connectivity index (χ2v) is 5.56. The number of carbonyl (C=O) groups excluding carboxylic acids is 1. The Balaban J connectivity index is 1.93. The highest BCUT2D eigenvalue weighted by atomic mass is 79.9. The first-order valence-corrected chi connectivity index (χ1v) is 7.54. The number of nitrogens with one attached hydrogen (secondary N) is 2. The summed E-state index contributed by atoms with van der Waals surface area (Å²) >= 11 is 3.47. The first-order valence-electron chi connectivity index (χ1n) is 6.75. The van der Waals surface area contributed by atoms with Gasteiger partial charge in [0.25, 0.3) is 0 Å². The van der Waals surface area contributed by atoms with E-state index < -0.39 is 0 Å². The number of hydrogen-bond donors (Lipinski definition) is 2. The van der Waals surface area contributed by atoms with Crippen molar-refractivity contribution in [3.05, 3.63) is 28.2 Å². The van der Waals surface area contributed by atoms with Crippen molar-refractivity contribution in [2.75, 3.05) is 19.7 Å². The van der Waals surface area contributed by atoms with Gasteiger partial charge < -0.3 is 20.1 Å². The van der Waals surface area contributed by atoms with Crippen molar-refractivity contribution in [2.24, 2.45) is 0 Å². The zero-order chi connectivity index (χ0) is 14.4. The molecular formula is C14H19BrN2O3. The zero-order valence-electron chi connectivity index (χ0n) is 11.4. The Bertz CT molecular complexity index is 468. The molecule has 0 aliphatic carbocycles. The van der Waals surface area contributed by atoms with Gasteiger partial charge in [0.05, 0.1) is 6.54 Å². The number of rotatable bonds is 7. The van der Waals surface area contributed by atoms with Crippen LogP contribution in [-0.2, 0) is 11.3 Å². The maximum Gasteiger partial charge on any atom is 0.407 e. The van der Waals surface area contributed by atoms with E-state index in [4.69, 9.17) is 9.47 Å². The number of benzene rings is 1. The molecule has 1 aromatic rings. The molecule has 1 aliphatic heterocycles. The number of halogens is 1. The Kier molecular flexibility index (Phi) is 5.67. The third kappa shape index (κ3) is 4.38. The lowest BCUT2D eigenvalue weighted by molar-refractivity contribution is 0.104. The molecule has 20 heavy (non-hydrogen) atoms. The van der Waals surface area contributed by atoms with Crippen LogP contribution in [0.5, 0.6) is 5.75 Å². The van der Waals surface area contributed by atoms with Gasteiger partial charge in [-0.15, -0.1) is 0 Å². The number of amides is 1. The molecule has 1 atom stereocenters. The van der Waals surface area contributed by atoms with E-state index in [1.165, 1.54) is 0 Å². The molecule has 1 amide bonds. The summed E-state index contributed by atoms with van der Waals surface area (Å²) in [4.78, 5) is 10.9. The van der Waals surface area contributed by atoms with Crippen molar-refractivity contribution in [3.63, 3.8) is 0 Å². The lowest BCUT2D eigenvalue weighted by Gasteiger charge is -2.14. The molecule has 6 heteroatoms. The Morgan fingerprint density at radius 1 is 1.55 bits per heavy atom. The fraction of sp³-hybridized carbons (Fsp3) is 0.500. The van der Waals surface area contributed by atoms with Gasteiger partial charge in [0.1, 0.15) is 12.4 Å². The van der Waals surface area contributed by atoms with Gasteiger partial charge in [0.2, 0.25) is 0 Å².